The molecule has 0 aromatic carbocycles. The molecule has 0 atom stereocenters. The molecule has 0 saturated heterocycles. The van der Waals surface area contributed by atoms with E-state index in [4.69, 9.17) is 9.47 Å². The standard InChI is InChI=1S/C14H22N4O2.HI/c1-4-7-17-14(15-2)18-11-12-6-5-8-16-13(12)20-10-9-19-3;/h4-6,8H,1,7,9-11H2,2-3H3,(H2,15,17,18);1H. The zero-order valence-corrected chi connectivity index (χ0v) is 14.8. The Morgan fingerprint density at radius 3 is 2.90 bits per heavy atom. The first-order chi connectivity index (χ1) is 9.81. The number of hydrogen-bond donors (Lipinski definition) is 2. The van der Waals surface area contributed by atoms with Gasteiger partial charge in [0.15, 0.2) is 5.96 Å². The molecule has 2 N–H and O–H groups in total. The molecule has 1 aromatic rings. The maximum atomic E-state index is 5.57. The summed E-state index contributed by atoms with van der Waals surface area (Å²) in [5.74, 6) is 1.31. The van der Waals surface area contributed by atoms with E-state index >= 15 is 0 Å². The first kappa shape index (κ1) is 19.7. The highest BCUT2D eigenvalue weighted by molar-refractivity contribution is 14.0. The van der Waals surface area contributed by atoms with Crippen molar-refractivity contribution in [3.05, 3.63) is 36.5 Å². The van der Waals surface area contributed by atoms with Crippen LogP contribution in [0.5, 0.6) is 5.88 Å². The molecule has 0 aliphatic rings. The molecule has 0 unspecified atom stereocenters. The average Bonchev–Trinajstić information content (AvgIpc) is 2.49. The SMILES string of the molecule is C=CCNC(=NC)NCc1cccnc1OCCOC.I. The Labute approximate surface area is 143 Å². The minimum Gasteiger partial charge on any atom is -0.475 e. The fraction of sp³-hybridized carbons (Fsp3) is 0.429. The number of halogens is 1. The number of aliphatic imine (C=N–C) groups is 1. The highest BCUT2D eigenvalue weighted by Crippen LogP contribution is 2.13. The molecule has 0 aliphatic heterocycles. The van der Waals surface area contributed by atoms with E-state index in [-0.39, 0.29) is 24.0 Å². The van der Waals surface area contributed by atoms with Crippen molar-refractivity contribution in [2.75, 3.05) is 33.9 Å². The van der Waals surface area contributed by atoms with Crippen LogP contribution in [0.2, 0.25) is 0 Å². The first-order valence-electron chi connectivity index (χ1n) is 6.42. The van der Waals surface area contributed by atoms with Crippen molar-refractivity contribution in [2.24, 2.45) is 4.99 Å². The zero-order valence-electron chi connectivity index (χ0n) is 12.5. The molecular weight excluding hydrogens is 383 g/mol. The number of methoxy groups -OCH3 is 1. The highest BCUT2D eigenvalue weighted by Gasteiger charge is 2.05. The van der Waals surface area contributed by atoms with Gasteiger partial charge in [0.2, 0.25) is 5.88 Å². The molecular formula is C14H23IN4O2. The molecule has 0 radical (unpaired) electrons. The summed E-state index contributed by atoms with van der Waals surface area (Å²) in [6.45, 7) is 5.90. The molecule has 1 rings (SSSR count). The predicted octanol–water partition coefficient (Wildman–Crippen LogP) is 1.58. The van der Waals surface area contributed by atoms with Gasteiger partial charge in [-0.15, -0.1) is 30.6 Å². The molecule has 0 aliphatic carbocycles. The van der Waals surface area contributed by atoms with Gasteiger partial charge in [0.1, 0.15) is 6.61 Å². The van der Waals surface area contributed by atoms with Gasteiger partial charge in [-0.2, -0.15) is 0 Å². The third-order valence-electron chi connectivity index (χ3n) is 2.46. The van der Waals surface area contributed by atoms with Crippen LogP contribution in [0.1, 0.15) is 5.56 Å². The van der Waals surface area contributed by atoms with Gasteiger partial charge in [0.05, 0.1) is 6.61 Å². The first-order valence-corrected chi connectivity index (χ1v) is 6.42. The van der Waals surface area contributed by atoms with Crippen molar-refractivity contribution in [3.63, 3.8) is 0 Å². The third-order valence-corrected chi connectivity index (χ3v) is 2.46. The van der Waals surface area contributed by atoms with E-state index in [1.807, 2.05) is 12.1 Å². The molecule has 21 heavy (non-hydrogen) atoms. The summed E-state index contributed by atoms with van der Waals surface area (Å²) in [5, 5.41) is 6.29. The molecule has 0 saturated carbocycles. The summed E-state index contributed by atoms with van der Waals surface area (Å²) in [7, 11) is 3.36. The van der Waals surface area contributed by atoms with Crippen molar-refractivity contribution in [3.8, 4) is 5.88 Å². The third kappa shape index (κ3) is 7.86. The maximum absolute atomic E-state index is 5.57. The zero-order chi connectivity index (χ0) is 14.6. The minimum absolute atomic E-state index is 0. The van der Waals surface area contributed by atoms with Crippen LogP contribution in [0.25, 0.3) is 0 Å². The predicted molar refractivity (Wildman–Crippen MR) is 95.4 cm³/mol. The fourth-order valence-corrected chi connectivity index (χ4v) is 1.48. The van der Waals surface area contributed by atoms with E-state index in [2.05, 4.69) is 27.2 Å². The summed E-state index contributed by atoms with van der Waals surface area (Å²) >= 11 is 0. The molecule has 0 amide bonds. The van der Waals surface area contributed by atoms with Crippen LogP contribution in [0.3, 0.4) is 0 Å². The van der Waals surface area contributed by atoms with E-state index in [1.54, 1.807) is 26.4 Å². The number of ether oxygens (including phenoxy) is 2. The lowest BCUT2D eigenvalue weighted by atomic mass is 10.2. The summed E-state index contributed by atoms with van der Waals surface area (Å²) in [6, 6.07) is 3.84. The molecule has 1 aromatic heterocycles. The summed E-state index contributed by atoms with van der Waals surface area (Å²) in [4.78, 5) is 8.33. The van der Waals surface area contributed by atoms with Gasteiger partial charge in [-0.3, -0.25) is 4.99 Å². The van der Waals surface area contributed by atoms with Gasteiger partial charge in [0, 0.05) is 39.0 Å². The molecule has 7 heteroatoms. The van der Waals surface area contributed by atoms with Gasteiger partial charge in [-0.05, 0) is 6.07 Å². The van der Waals surface area contributed by atoms with Crippen LogP contribution in [0, 0.1) is 0 Å². The summed E-state index contributed by atoms with van der Waals surface area (Å²) < 4.78 is 10.5. The second-order valence-electron chi connectivity index (χ2n) is 3.90. The Morgan fingerprint density at radius 2 is 2.24 bits per heavy atom. The van der Waals surface area contributed by atoms with E-state index in [1.165, 1.54) is 0 Å². The van der Waals surface area contributed by atoms with Crippen molar-refractivity contribution < 1.29 is 9.47 Å². The molecule has 0 spiro atoms. The van der Waals surface area contributed by atoms with Gasteiger partial charge < -0.3 is 20.1 Å². The Morgan fingerprint density at radius 1 is 1.43 bits per heavy atom. The number of aromatic nitrogens is 1. The van der Waals surface area contributed by atoms with Crippen LogP contribution < -0.4 is 15.4 Å². The number of rotatable bonds is 8. The summed E-state index contributed by atoms with van der Waals surface area (Å²) in [6.07, 6.45) is 3.48. The monoisotopic (exact) mass is 406 g/mol. The molecule has 118 valence electrons. The van der Waals surface area contributed by atoms with Crippen molar-refractivity contribution in [1.29, 1.82) is 0 Å². The van der Waals surface area contributed by atoms with Crippen LogP contribution in [-0.4, -0.2) is 44.9 Å². The Balaban J connectivity index is 0.00000400. The van der Waals surface area contributed by atoms with Crippen LogP contribution in [0.15, 0.2) is 36.0 Å². The van der Waals surface area contributed by atoms with Crippen molar-refractivity contribution in [2.45, 2.75) is 6.54 Å². The molecule has 1 heterocycles. The normalized spacial score (nSPS) is 10.5. The van der Waals surface area contributed by atoms with Crippen molar-refractivity contribution >= 4 is 29.9 Å². The van der Waals surface area contributed by atoms with Crippen LogP contribution >= 0.6 is 24.0 Å². The van der Waals surface area contributed by atoms with Gasteiger partial charge in [-0.25, -0.2) is 4.98 Å². The van der Waals surface area contributed by atoms with E-state index in [0.717, 1.165) is 5.56 Å². The molecule has 0 fully saturated rings. The van der Waals surface area contributed by atoms with Gasteiger partial charge in [0.25, 0.3) is 0 Å². The topological polar surface area (TPSA) is 67.8 Å². The Hall–Kier alpha value is -1.35. The lowest BCUT2D eigenvalue weighted by molar-refractivity contribution is 0.143. The number of pyridine rings is 1. The van der Waals surface area contributed by atoms with Gasteiger partial charge >= 0.3 is 0 Å². The fourth-order valence-electron chi connectivity index (χ4n) is 1.48. The smallest absolute Gasteiger partial charge is 0.218 e. The lowest BCUT2D eigenvalue weighted by Gasteiger charge is -2.13. The van der Waals surface area contributed by atoms with E-state index in [0.29, 0.717) is 38.1 Å². The number of nitrogens with one attached hydrogen (secondary N) is 2. The average molecular weight is 406 g/mol. The highest BCUT2D eigenvalue weighted by atomic mass is 127. The Kier molecular flexibility index (Phi) is 11.6. The quantitative estimate of drug-likeness (QED) is 0.226. The number of hydrogen-bond acceptors (Lipinski definition) is 4. The second kappa shape index (κ2) is 12.4. The Bertz CT molecular complexity index is 441. The van der Waals surface area contributed by atoms with E-state index in [9.17, 15) is 0 Å². The number of nitrogens with zero attached hydrogens (tertiary/aromatic N) is 2. The largest absolute Gasteiger partial charge is 0.475 e. The summed E-state index contributed by atoms with van der Waals surface area (Å²) in [5.41, 5.74) is 0.963. The van der Waals surface area contributed by atoms with Crippen LogP contribution in [-0.2, 0) is 11.3 Å². The van der Waals surface area contributed by atoms with Crippen molar-refractivity contribution in [1.82, 2.24) is 15.6 Å². The van der Waals surface area contributed by atoms with Crippen LogP contribution in [0.4, 0.5) is 0 Å². The maximum Gasteiger partial charge on any atom is 0.218 e. The lowest BCUT2D eigenvalue weighted by Crippen LogP contribution is -2.36. The second-order valence-corrected chi connectivity index (χ2v) is 3.90. The van der Waals surface area contributed by atoms with E-state index < -0.39 is 0 Å². The van der Waals surface area contributed by atoms with Gasteiger partial charge in [-0.1, -0.05) is 12.1 Å². The molecule has 0 bridgehead atoms. The minimum atomic E-state index is 0. The number of guanidine groups is 1. The molecule has 6 nitrogen and oxygen atoms in total.